The number of pyridine rings is 1. The largest absolute Gasteiger partial charge is 0.492 e. The number of halogens is 2. The third-order valence-electron chi connectivity index (χ3n) is 10.1. The summed E-state index contributed by atoms with van der Waals surface area (Å²) in [7, 11) is -3.70. The number of rotatable bonds is 11. The predicted octanol–water partition coefficient (Wildman–Crippen LogP) is 3.24. The molecule has 0 aliphatic carbocycles. The molecule has 14 nitrogen and oxygen atoms in total. The Morgan fingerprint density at radius 2 is 1.64 bits per heavy atom. The van der Waals surface area contributed by atoms with Gasteiger partial charge in [0.1, 0.15) is 18.0 Å². The van der Waals surface area contributed by atoms with Gasteiger partial charge in [-0.1, -0.05) is 12.1 Å². The Labute approximate surface area is 304 Å². The predicted molar refractivity (Wildman–Crippen MR) is 193 cm³/mol. The third-order valence-corrected chi connectivity index (χ3v) is 12.0. The number of imide groups is 1. The van der Waals surface area contributed by atoms with Gasteiger partial charge in [-0.25, -0.2) is 22.2 Å². The van der Waals surface area contributed by atoms with Crippen LogP contribution in [0.3, 0.4) is 0 Å². The summed E-state index contributed by atoms with van der Waals surface area (Å²) < 4.78 is 60.5. The van der Waals surface area contributed by atoms with Gasteiger partial charge in [0.25, 0.3) is 12.0 Å². The maximum atomic E-state index is 13.5. The summed E-state index contributed by atoms with van der Waals surface area (Å²) in [6.45, 7) is 5.12. The molecule has 3 fully saturated rings. The number of piperazine rings is 1. The summed E-state index contributed by atoms with van der Waals surface area (Å²) in [5.41, 5.74) is 0.423. The van der Waals surface area contributed by atoms with Crippen molar-refractivity contribution in [3.63, 3.8) is 0 Å². The average molecular weight is 751 g/mol. The maximum absolute atomic E-state index is 13.5. The van der Waals surface area contributed by atoms with Gasteiger partial charge in [-0.3, -0.25) is 24.6 Å². The van der Waals surface area contributed by atoms with E-state index in [1.807, 2.05) is 36.4 Å². The van der Waals surface area contributed by atoms with E-state index in [1.165, 1.54) is 10.5 Å². The van der Waals surface area contributed by atoms with Crippen molar-refractivity contribution in [3.05, 3.63) is 82.3 Å². The fourth-order valence-corrected chi connectivity index (χ4v) is 8.44. The number of ether oxygens (including phenoxy) is 1. The minimum atomic E-state index is -3.70. The molecule has 3 saturated heterocycles. The van der Waals surface area contributed by atoms with Crippen LogP contribution in [0.4, 0.5) is 20.4 Å². The van der Waals surface area contributed by atoms with Gasteiger partial charge in [0, 0.05) is 75.5 Å². The number of hydrogen-bond donors (Lipinski definition) is 3. The molecule has 5 heterocycles. The molecule has 2 amide bonds. The second-order valence-electron chi connectivity index (χ2n) is 13.4. The van der Waals surface area contributed by atoms with Gasteiger partial charge in [-0.15, -0.1) is 0 Å². The van der Waals surface area contributed by atoms with Crippen LogP contribution in [0.2, 0.25) is 0 Å². The highest BCUT2D eigenvalue weighted by atomic mass is 32.2. The number of nitrogens with one attached hydrogen (secondary N) is 3. The Balaban J connectivity index is 0.846. The van der Waals surface area contributed by atoms with Gasteiger partial charge >= 0.3 is 0 Å². The van der Waals surface area contributed by atoms with Gasteiger partial charge in [-0.2, -0.15) is 9.29 Å². The number of hydrogen-bond acceptors (Lipinski definition) is 11. The van der Waals surface area contributed by atoms with E-state index in [0.29, 0.717) is 45.4 Å². The standard InChI is InChI=1S/C36H40F2N8O6S/c37-32(38)30-21-24-22-39-36(43-33(24)42-35(30)49)40-25-11-13-46(14-12-25)53(50,51)28-7-3-26(4-8-28)45-17-15-44(16-18-45)19-20-52-27-5-1-23(2-6-27)29-9-10-31(47)41-34(29)48/h1-8,21-22,25,29,32H,9-20H2,(H,41,47,48)(H2,39,40,42,43,49). The molecule has 0 saturated carbocycles. The van der Waals surface area contributed by atoms with Crippen LogP contribution in [0, 0.1) is 0 Å². The smallest absolute Gasteiger partial charge is 0.269 e. The topological polar surface area (TPSA) is 170 Å². The van der Waals surface area contributed by atoms with E-state index in [1.54, 1.807) is 12.1 Å². The lowest BCUT2D eigenvalue weighted by Gasteiger charge is -2.36. The number of amides is 2. The zero-order valence-corrected chi connectivity index (χ0v) is 29.7. The number of aromatic nitrogens is 3. The number of alkyl halides is 2. The second-order valence-corrected chi connectivity index (χ2v) is 15.4. The van der Waals surface area contributed by atoms with E-state index < -0.39 is 27.6 Å². The van der Waals surface area contributed by atoms with Crippen LogP contribution < -0.4 is 25.8 Å². The van der Waals surface area contributed by atoms with Crippen molar-refractivity contribution in [2.75, 3.05) is 62.6 Å². The van der Waals surface area contributed by atoms with Crippen molar-refractivity contribution in [1.29, 1.82) is 0 Å². The van der Waals surface area contributed by atoms with Crippen molar-refractivity contribution >= 4 is 44.5 Å². The Bertz CT molecular complexity index is 2120. The zero-order chi connectivity index (χ0) is 37.1. The molecular formula is C36H40F2N8O6S. The van der Waals surface area contributed by atoms with E-state index in [4.69, 9.17) is 4.74 Å². The van der Waals surface area contributed by atoms with E-state index >= 15 is 0 Å². The number of piperidine rings is 2. The molecule has 53 heavy (non-hydrogen) atoms. The van der Waals surface area contributed by atoms with Crippen LogP contribution in [0.25, 0.3) is 11.0 Å². The van der Waals surface area contributed by atoms with E-state index in [-0.39, 0.29) is 45.7 Å². The van der Waals surface area contributed by atoms with Gasteiger partial charge in [0.15, 0.2) is 0 Å². The van der Waals surface area contributed by atoms with E-state index in [9.17, 15) is 31.6 Å². The molecule has 1 atom stereocenters. The van der Waals surface area contributed by atoms with Crippen LogP contribution >= 0.6 is 0 Å². The number of aromatic amines is 1. The molecule has 1 unspecified atom stereocenters. The van der Waals surface area contributed by atoms with Crippen LogP contribution in [0.1, 0.15) is 49.2 Å². The van der Waals surface area contributed by atoms with Crippen LogP contribution in [0.15, 0.2) is 70.5 Å². The van der Waals surface area contributed by atoms with Crippen LogP contribution in [-0.4, -0.2) is 103 Å². The first kappa shape index (κ1) is 36.4. The highest BCUT2D eigenvalue weighted by molar-refractivity contribution is 7.89. The normalized spacial score (nSPS) is 19.5. The fraction of sp³-hybridized carbons (Fsp3) is 0.417. The molecule has 3 N–H and O–H groups in total. The molecule has 3 aliphatic heterocycles. The number of H-pyrrole nitrogens is 1. The Kier molecular flexibility index (Phi) is 10.7. The van der Waals surface area contributed by atoms with E-state index in [0.717, 1.165) is 55.8 Å². The number of carbonyl (C=O) groups is 2. The van der Waals surface area contributed by atoms with Crippen LogP contribution in [0.5, 0.6) is 5.75 Å². The van der Waals surface area contributed by atoms with Crippen molar-refractivity contribution in [3.8, 4) is 5.75 Å². The molecule has 2 aromatic heterocycles. The summed E-state index contributed by atoms with van der Waals surface area (Å²) in [6, 6.07) is 15.4. The monoisotopic (exact) mass is 750 g/mol. The average Bonchev–Trinajstić information content (AvgIpc) is 3.15. The van der Waals surface area contributed by atoms with Gasteiger partial charge in [0.2, 0.25) is 27.8 Å². The number of carbonyl (C=O) groups excluding carboxylic acids is 2. The number of fused-ring (bicyclic) bond motifs is 1. The molecular weight excluding hydrogens is 711 g/mol. The first-order chi connectivity index (χ1) is 25.5. The minimum Gasteiger partial charge on any atom is -0.492 e. The minimum absolute atomic E-state index is 0.114. The zero-order valence-electron chi connectivity index (χ0n) is 28.8. The lowest BCUT2D eigenvalue weighted by atomic mass is 9.90. The molecule has 280 valence electrons. The van der Waals surface area contributed by atoms with Gasteiger partial charge < -0.3 is 19.9 Å². The summed E-state index contributed by atoms with van der Waals surface area (Å²) in [6.07, 6.45) is 0.318. The van der Waals surface area contributed by atoms with Gasteiger partial charge in [-0.05, 0) is 67.3 Å². The molecule has 2 aromatic carbocycles. The first-order valence-corrected chi connectivity index (χ1v) is 19.1. The molecule has 17 heteroatoms. The number of sulfonamides is 1. The lowest BCUT2D eigenvalue weighted by molar-refractivity contribution is -0.134. The Morgan fingerprint density at radius 1 is 0.925 bits per heavy atom. The third kappa shape index (κ3) is 8.31. The highest BCUT2D eigenvalue weighted by Gasteiger charge is 2.31. The number of benzene rings is 2. The second kappa shape index (κ2) is 15.5. The molecule has 0 bridgehead atoms. The van der Waals surface area contributed by atoms with E-state index in [2.05, 4.69) is 35.4 Å². The summed E-state index contributed by atoms with van der Waals surface area (Å²) >= 11 is 0. The lowest BCUT2D eigenvalue weighted by Crippen LogP contribution is -2.47. The van der Waals surface area contributed by atoms with Crippen molar-refractivity contribution < 1.29 is 31.5 Å². The molecule has 7 rings (SSSR count). The highest BCUT2D eigenvalue weighted by Crippen LogP contribution is 2.28. The SMILES string of the molecule is O=C1CCC(c2ccc(OCCN3CCN(c4ccc(S(=O)(=O)N5CCC(Nc6ncc7cc(C(F)F)c(=O)[nH]c7n6)CC5)cc4)CC3)cc2)C(=O)N1. The fourth-order valence-electron chi connectivity index (χ4n) is 6.97. The molecule has 0 spiro atoms. The number of anilines is 2. The maximum Gasteiger partial charge on any atom is 0.269 e. The number of nitrogens with zero attached hydrogens (tertiary/aromatic N) is 5. The summed E-state index contributed by atoms with van der Waals surface area (Å²) in [4.78, 5) is 51.1. The Morgan fingerprint density at radius 3 is 2.32 bits per heavy atom. The first-order valence-electron chi connectivity index (χ1n) is 17.6. The molecule has 3 aliphatic rings. The van der Waals surface area contributed by atoms with Crippen LogP contribution in [-0.2, 0) is 19.6 Å². The summed E-state index contributed by atoms with van der Waals surface area (Å²) in [5, 5.41) is 5.85. The molecule has 0 radical (unpaired) electrons. The summed E-state index contributed by atoms with van der Waals surface area (Å²) in [5.74, 6) is 0.142. The van der Waals surface area contributed by atoms with Crippen molar-refractivity contribution in [2.45, 2.75) is 49.0 Å². The molecule has 4 aromatic rings. The quantitative estimate of drug-likeness (QED) is 0.193. The van der Waals surface area contributed by atoms with Crippen molar-refractivity contribution in [1.82, 2.24) is 29.5 Å². The Hall–Kier alpha value is -5.00. The van der Waals surface area contributed by atoms with Gasteiger partial charge in [0.05, 0.1) is 16.4 Å². The van der Waals surface area contributed by atoms with Crippen molar-refractivity contribution in [2.24, 2.45) is 0 Å².